The molecule has 1 unspecified atom stereocenters. The van der Waals surface area contributed by atoms with Crippen molar-refractivity contribution in [2.75, 3.05) is 39.3 Å². The van der Waals surface area contributed by atoms with Gasteiger partial charge in [0.2, 0.25) is 17.7 Å². The van der Waals surface area contributed by atoms with Crippen LogP contribution in [-0.4, -0.2) is 71.7 Å². The molecule has 3 amide bonds. The molecule has 1 atom stereocenters. The van der Waals surface area contributed by atoms with E-state index in [1.165, 1.54) is 19.3 Å². The monoisotopic (exact) mass is 391 g/mol. The van der Waals surface area contributed by atoms with E-state index in [9.17, 15) is 14.4 Å². The minimum Gasteiger partial charge on any atom is -0.341 e. The lowest BCUT2D eigenvalue weighted by atomic mass is 9.88. The van der Waals surface area contributed by atoms with Crippen molar-refractivity contribution in [2.24, 2.45) is 17.3 Å². The number of piperazine rings is 1. The van der Waals surface area contributed by atoms with Crippen molar-refractivity contribution in [1.29, 1.82) is 0 Å². The number of carbonyl (C=O) groups is 3. The first kappa shape index (κ1) is 21.1. The zero-order valence-electron chi connectivity index (χ0n) is 17.9. The summed E-state index contributed by atoms with van der Waals surface area (Å²) in [4.78, 5) is 44.1. The molecule has 2 saturated heterocycles. The predicted molar refractivity (Wildman–Crippen MR) is 108 cm³/mol. The molecule has 0 bridgehead atoms. The van der Waals surface area contributed by atoms with Crippen molar-refractivity contribution >= 4 is 17.7 Å². The topological polar surface area (TPSA) is 60.9 Å². The SMILES string of the molecule is CC(C)(C)C(=O)N1CCCC(C(=O)N2CCN(C(=O)C3CCCCC3)CC2)C1. The zero-order chi connectivity index (χ0) is 20.3. The maximum Gasteiger partial charge on any atom is 0.227 e. The van der Waals surface area contributed by atoms with Crippen LogP contribution in [0.15, 0.2) is 0 Å². The molecule has 1 saturated carbocycles. The maximum atomic E-state index is 13.0. The summed E-state index contributed by atoms with van der Waals surface area (Å²) in [6, 6.07) is 0. The summed E-state index contributed by atoms with van der Waals surface area (Å²) in [6.45, 7) is 9.65. The Balaban J connectivity index is 1.50. The molecule has 3 aliphatic rings. The summed E-state index contributed by atoms with van der Waals surface area (Å²) < 4.78 is 0. The molecular formula is C22H37N3O3. The van der Waals surface area contributed by atoms with Gasteiger partial charge in [0.15, 0.2) is 0 Å². The average molecular weight is 392 g/mol. The smallest absolute Gasteiger partial charge is 0.227 e. The summed E-state index contributed by atoms with van der Waals surface area (Å²) in [5.74, 6) is 0.697. The number of piperidine rings is 1. The minimum absolute atomic E-state index is 0.0966. The molecule has 0 aromatic heterocycles. The highest BCUT2D eigenvalue weighted by molar-refractivity contribution is 5.84. The van der Waals surface area contributed by atoms with Crippen molar-refractivity contribution < 1.29 is 14.4 Å². The second-order valence-corrected chi connectivity index (χ2v) is 9.83. The standard InChI is InChI=1S/C22H37N3O3/c1-22(2,3)21(28)25-11-7-10-18(16-25)20(27)24-14-12-23(13-15-24)19(26)17-8-5-4-6-9-17/h17-18H,4-16H2,1-3H3. The molecule has 0 radical (unpaired) electrons. The van der Waals surface area contributed by atoms with Crippen LogP contribution in [0.25, 0.3) is 0 Å². The van der Waals surface area contributed by atoms with Gasteiger partial charge in [-0.05, 0) is 25.7 Å². The van der Waals surface area contributed by atoms with Crippen LogP contribution in [0.5, 0.6) is 0 Å². The van der Waals surface area contributed by atoms with Crippen LogP contribution < -0.4 is 0 Å². The van der Waals surface area contributed by atoms with E-state index in [1.807, 2.05) is 35.5 Å². The first-order valence-electron chi connectivity index (χ1n) is 11.1. The molecule has 0 aromatic rings. The quantitative estimate of drug-likeness (QED) is 0.727. The van der Waals surface area contributed by atoms with Crippen LogP contribution in [0.3, 0.4) is 0 Å². The Morgan fingerprint density at radius 2 is 1.14 bits per heavy atom. The van der Waals surface area contributed by atoms with Crippen molar-refractivity contribution in [3.8, 4) is 0 Å². The lowest BCUT2D eigenvalue weighted by Gasteiger charge is -2.41. The average Bonchev–Trinajstić information content (AvgIpc) is 2.72. The van der Waals surface area contributed by atoms with Gasteiger partial charge in [0, 0.05) is 50.6 Å². The van der Waals surface area contributed by atoms with Crippen LogP contribution in [0, 0.1) is 17.3 Å². The molecule has 158 valence electrons. The molecular weight excluding hydrogens is 354 g/mol. The van der Waals surface area contributed by atoms with Gasteiger partial charge in [-0.15, -0.1) is 0 Å². The molecule has 2 heterocycles. The van der Waals surface area contributed by atoms with E-state index in [2.05, 4.69) is 0 Å². The van der Waals surface area contributed by atoms with Gasteiger partial charge in [-0.1, -0.05) is 40.0 Å². The molecule has 28 heavy (non-hydrogen) atoms. The van der Waals surface area contributed by atoms with Gasteiger partial charge in [0.05, 0.1) is 5.92 Å². The Morgan fingerprint density at radius 3 is 1.68 bits per heavy atom. The Kier molecular flexibility index (Phi) is 6.66. The van der Waals surface area contributed by atoms with Crippen LogP contribution in [0.4, 0.5) is 0 Å². The minimum atomic E-state index is -0.407. The normalized spacial score (nSPS) is 25.0. The van der Waals surface area contributed by atoms with Gasteiger partial charge in [-0.25, -0.2) is 0 Å². The van der Waals surface area contributed by atoms with E-state index < -0.39 is 5.41 Å². The molecule has 1 aliphatic carbocycles. The molecule has 0 N–H and O–H groups in total. The predicted octanol–water partition coefficient (Wildman–Crippen LogP) is 2.52. The molecule has 0 aromatic carbocycles. The molecule has 2 aliphatic heterocycles. The number of likely N-dealkylation sites (tertiary alicyclic amines) is 1. The van der Waals surface area contributed by atoms with Gasteiger partial charge >= 0.3 is 0 Å². The van der Waals surface area contributed by atoms with Crippen molar-refractivity contribution in [1.82, 2.24) is 14.7 Å². The third kappa shape index (κ3) is 4.87. The van der Waals surface area contributed by atoms with Crippen molar-refractivity contribution in [3.63, 3.8) is 0 Å². The van der Waals surface area contributed by atoms with Crippen LogP contribution >= 0.6 is 0 Å². The van der Waals surface area contributed by atoms with Crippen LogP contribution in [0.1, 0.15) is 65.7 Å². The number of carbonyl (C=O) groups excluding carboxylic acids is 3. The number of rotatable bonds is 2. The van der Waals surface area contributed by atoms with Gasteiger partial charge < -0.3 is 14.7 Å². The molecule has 6 nitrogen and oxygen atoms in total. The summed E-state index contributed by atoms with van der Waals surface area (Å²) in [7, 11) is 0. The van der Waals surface area contributed by atoms with Gasteiger partial charge in [-0.2, -0.15) is 0 Å². The highest BCUT2D eigenvalue weighted by Gasteiger charge is 2.36. The Bertz CT molecular complexity index is 584. The number of hydrogen-bond donors (Lipinski definition) is 0. The molecule has 0 spiro atoms. The first-order valence-corrected chi connectivity index (χ1v) is 11.1. The summed E-state index contributed by atoms with van der Waals surface area (Å²) in [5, 5.41) is 0. The fraction of sp³-hybridized carbons (Fsp3) is 0.864. The van der Waals surface area contributed by atoms with E-state index >= 15 is 0 Å². The lowest BCUT2D eigenvalue weighted by molar-refractivity contribution is -0.148. The van der Waals surface area contributed by atoms with E-state index in [0.29, 0.717) is 38.6 Å². The van der Waals surface area contributed by atoms with Crippen LogP contribution in [-0.2, 0) is 14.4 Å². The molecule has 3 rings (SSSR count). The third-order valence-electron chi connectivity index (χ3n) is 6.56. The highest BCUT2D eigenvalue weighted by atomic mass is 16.2. The van der Waals surface area contributed by atoms with E-state index in [-0.39, 0.29) is 23.7 Å². The zero-order valence-corrected chi connectivity index (χ0v) is 17.9. The third-order valence-corrected chi connectivity index (χ3v) is 6.56. The van der Waals surface area contributed by atoms with Gasteiger partial charge in [0.25, 0.3) is 0 Å². The summed E-state index contributed by atoms with van der Waals surface area (Å²) in [6.07, 6.45) is 7.38. The maximum absolute atomic E-state index is 13.0. The highest BCUT2D eigenvalue weighted by Crippen LogP contribution is 2.27. The Morgan fingerprint density at radius 1 is 0.643 bits per heavy atom. The largest absolute Gasteiger partial charge is 0.341 e. The summed E-state index contributed by atoms with van der Waals surface area (Å²) in [5.41, 5.74) is -0.407. The first-order chi connectivity index (χ1) is 13.3. The van der Waals surface area contributed by atoms with E-state index in [4.69, 9.17) is 0 Å². The van der Waals surface area contributed by atoms with Crippen LogP contribution in [0.2, 0.25) is 0 Å². The van der Waals surface area contributed by atoms with Crippen molar-refractivity contribution in [2.45, 2.75) is 65.7 Å². The van der Waals surface area contributed by atoms with E-state index in [0.717, 1.165) is 32.2 Å². The summed E-state index contributed by atoms with van der Waals surface area (Å²) >= 11 is 0. The number of nitrogens with zero attached hydrogens (tertiary/aromatic N) is 3. The fourth-order valence-electron chi connectivity index (χ4n) is 4.85. The number of amides is 3. The molecule has 6 heteroatoms. The number of hydrogen-bond acceptors (Lipinski definition) is 3. The molecule has 3 fully saturated rings. The Labute approximate surface area is 169 Å². The van der Waals surface area contributed by atoms with Gasteiger partial charge in [0.1, 0.15) is 0 Å². The second-order valence-electron chi connectivity index (χ2n) is 9.83. The van der Waals surface area contributed by atoms with Crippen molar-refractivity contribution in [3.05, 3.63) is 0 Å². The fourth-order valence-corrected chi connectivity index (χ4v) is 4.85. The lowest BCUT2D eigenvalue weighted by Crippen LogP contribution is -2.55. The van der Waals surface area contributed by atoms with E-state index in [1.54, 1.807) is 0 Å². The second kappa shape index (κ2) is 8.83. The Hall–Kier alpha value is -1.59. The van der Waals surface area contributed by atoms with Gasteiger partial charge in [-0.3, -0.25) is 14.4 Å².